The highest BCUT2D eigenvalue weighted by Crippen LogP contribution is 2.65. The van der Waals surface area contributed by atoms with Gasteiger partial charge in [-0.2, -0.15) is 0 Å². The van der Waals surface area contributed by atoms with Crippen LogP contribution in [-0.2, 0) is 5.41 Å². The maximum atomic E-state index is 2.61. The van der Waals surface area contributed by atoms with E-state index in [1.165, 1.54) is 81.8 Å². The molecule has 0 amide bonds. The predicted octanol–water partition coefficient (Wildman–Crippen LogP) is 12.2. The first-order valence-corrected chi connectivity index (χ1v) is 17.2. The van der Waals surface area contributed by atoms with Crippen LogP contribution >= 0.6 is 0 Å². The molecule has 2 fully saturated rings. The molecule has 1 spiro atoms. The summed E-state index contributed by atoms with van der Waals surface area (Å²) < 4.78 is 0. The second-order valence-corrected chi connectivity index (χ2v) is 14.3. The molecular formula is C44H41N. The van der Waals surface area contributed by atoms with E-state index in [0.29, 0.717) is 11.8 Å². The third kappa shape index (κ3) is 4.06. The Bertz CT molecular complexity index is 1990. The van der Waals surface area contributed by atoms with Gasteiger partial charge in [-0.05, 0) is 130 Å². The van der Waals surface area contributed by atoms with Gasteiger partial charge in [0, 0.05) is 22.5 Å². The fourth-order valence-electron chi connectivity index (χ4n) is 10.2. The quantitative estimate of drug-likeness (QED) is 0.199. The molecule has 2 bridgehead atoms. The lowest BCUT2D eigenvalue weighted by Crippen LogP contribution is -2.50. The lowest BCUT2D eigenvalue weighted by Gasteiger charge is -2.55. The van der Waals surface area contributed by atoms with Gasteiger partial charge in [0.1, 0.15) is 0 Å². The van der Waals surface area contributed by atoms with Gasteiger partial charge in [-0.25, -0.2) is 0 Å². The summed E-state index contributed by atoms with van der Waals surface area (Å²) in [5.41, 5.74) is 9.86. The van der Waals surface area contributed by atoms with Crippen LogP contribution in [0.2, 0.25) is 0 Å². The molecule has 3 aliphatic carbocycles. The monoisotopic (exact) mass is 583 g/mol. The van der Waals surface area contributed by atoms with Crippen LogP contribution in [0.4, 0.5) is 17.1 Å². The average molecular weight is 584 g/mol. The number of fused-ring (bicyclic) bond motifs is 10. The summed E-state index contributed by atoms with van der Waals surface area (Å²) in [6.07, 6.45) is 6.71. The van der Waals surface area contributed by atoms with Crippen LogP contribution in [-0.4, -0.2) is 0 Å². The van der Waals surface area contributed by atoms with Crippen molar-refractivity contribution in [2.45, 2.75) is 51.4 Å². The molecule has 0 radical (unpaired) electrons. The van der Waals surface area contributed by atoms with Gasteiger partial charge in [0.05, 0.1) is 0 Å². The Hall–Kier alpha value is -4.36. The summed E-state index contributed by atoms with van der Waals surface area (Å²) in [6.45, 7) is 4.97. The second kappa shape index (κ2) is 10.3. The van der Waals surface area contributed by atoms with Crippen LogP contribution in [0.15, 0.2) is 127 Å². The highest BCUT2D eigenvalue weighted by Gasteiger charge is 2.57. The first-order valence-electron chi connectivity index (χ1n) is 17.2. The van der Waals surface area contributed by atoms with Gasteiger partial charge < -0.3 is 4.90 Å². The third-order valence-electron chi connectivity index (χ3n) is 11.8. The molecule has 2 saturated carbocycles. The summed E-state index contributed by atoms with van der Waals surface area (Å²) in [7, 11) is 0. The van der Waals surface area contributed by atoms with Gasteiger partial charge in [0.2, 0.25) is 0 Å². The van der Waals surface area contributed by atoms with Crippen molar-refractivity contribution < 1.29 is 0 Å². The van der Waals surface area contributed by atoms with Gasteiger partial charge >= 0.3 is 0 Å². The van der Waals surface area contributed by atoms with E-state index < -0.39 is 0 Å². The van der Waals surface area contributed by atoms with Gasteiger partial charge in [0.25, 0.3) is 0 Å². The Balaban J connectivity index is 1.29. The Kier molecular flexibility index (Phi) is 6.20. The molecule has 5 atom stereocenters. The molecule has 0 aromatic heterocycles. The van der Waals surface area contributed by atoms with Crippen LogP contribution in [0.25, 0.3) is 32.7 Å². The maximum Gasteiger partial charge on any atom is 0.0468 e. The first-order chi connectivity index (χ1) is 22.1. The van der Waals surface area contributed by atoms with E-state index in [0.717, 1.165) is 11.8 Å². The molecule has 6 aromatic rings. The van der Waals surface area contributed by atoms with E-state index >= 15 is 0 Å². The standard InChI is InChI=1S/C44H41N/c1-3-35-24-30-22-29(2)23-36(25-30)44(35)42-15-9-8-14-40(42)41-21-20-39(28-43(41)44)45(37-18-16-31-10-4-6-12-33(31)26-37)38-19-17-32-11-5-7-13-34(32)27-38/h4-21,26-30,35-36H,3,22-25H2,1-2H3. The minimum Gasteiger partial charge on any atom is -0.310 e. The van der Waals surface area contributed by atoms with E-state index in [1.54, 1.807) is 11.1 Å². The van der Waals surface area contributed by atoms with Gasteiger partial charge in [-0.15, -0.1) is 0 Å². The van der Waals surface area contributed by atoms with Gasteiger partial charge in [-0.3, -0.25) is 0 Å². The van der Waals surface area contributed by atoms with Crippen LogP contribution in [0.3, 0.4) is 0 Å². The largest absolute Gasteiger partial charge is 0.310 e. The Morgan fingerprint density at radius 3 is 1.82 bits per heavy atom. The van der Waals surface area contributed by atoms with Crippen molar-refractivity contribution >= 4 is 38.6 Å². The normalized spacial score (nSPS) is 24.9. The molecule has 6 aromatic carbocycles. The van der Waals surface area contributed by atoms with Crippen molar-refractivity contribution in [1.82, 2.24) is 0 Å². The zero-order valence-corrected chi connectivity index (χ0v) is 26.4. The summed E-state index contributed by atoms with van der Waals surface area (Å²) >= 11 is 0. The summed E-state index contributed by atoms with van der Waals surface area (Å²) in [5.74, 6) is 3.04. The molecule has 222 valence electrons. The fourth-order valence-corrected chi connectivity index (χ4v) is 10.2. The Morgan fingerprint density at radius 1 is 0.556 bits per heavy atom. The van der Waals surface area contributed by atoms with Crippen LogP contribution < -0.4 is 4.90 Å². The Morgan fingerprint density at radius 2 is 1.13 bits per heavy atom. The second-order valence-electron chi connectivity index (χ2n) is 14.3. The summed E-state index contributed by atoms with van der Waals surface area (Å²) in [4.78, 5) is 2.51. The molecule has 0 heterocycles. The lowest BCUT2D eigenvalue weighted by atomic mass is 9.48. The number of rotatable bonds is 4. The zero-order chi connectivity index (χ0) is 30.1. The van der Waals surface area contributed by atoms with E-state index in [2.05, 4.69) is 146 Å². The highest BCUT2D eigenvalue weighted by atomic mass is 15.1. The van der Waals surface area contributed by atoms with Crippen molar-refractivity contribution in [3.05, 3.63) is 139 Å². The van der Waals surface area contributed by atoms with Crippen LogP contribution in [0.5, 0.6) is 0 Å². The molecule has 9 rings (SSSR count). The number of benzene rings is 6. The molecule has 0 aliphatic heterocycles. The zero-order valence-electron chi connectivity index (χ0n) is 26.4. The molecule has 45 heavy (non-hydrogen) atoms. The van der Waals surface area contributed by atoms with E-state index in [4.69, 9.17) is 0 Å². The van der Waals surface area contributed by atoms with Crippen molar-refractivity contribution in [1.29, 1.82) is 0 Å². The van der Waals surface area contributed by atoms with Crippen molar-refractivity contribution in [2.24, 2.45) is 23.7 Å². The van der Waals surface area contributed by atoms with Crippen molar-refractivity contribution in [2.75, 3.05) is 4.90 Å². The van der Waals surface area contributed by atoms with E-state index in [-0.39, 0.29) is 5.41 Å². The minimum absolute atomic E-state index is 0.0836. The fraction of sp³-hybridized carbons (Fsp3) is 0.273. The molecule has 0 saturated heterocycles. The van der Waals surface area contributed by atoms with E-state index in [9.17, 15) is 0 Å². The topological polar surface area (TPSA) is 3.24 Å². The third-order valence-corrected chi connectivity index (χ3v) is 11.8. The molecule has 1 nitrogen and oxygen atoms in total. The number of anilines is 3. The van der Waals surface area contributed by atoms with Crippen LogP contribution in [0.1, 0.15) is 57.1 Å². The number of nitrogens with zero attached hydrogens (tertiary/aromatic N) is 1. The highest BCUT2D eigenvalue weighted by molar-refractivity contribution is 5.93. The number of hydrogen-bond acceptors (Lipinski definition) is 1. The Labute approximate surface area is 267 Å². The van der Waals surface area contributed by atoms with Gasteiger partial charge in [0.15, 0.2) is 0 Å². The molecule has 3 aliphatic rings. The molecule has 1 heteroatoms. The van der Waals surface area contributed by atoms with Crippen LogP contribution in [0, 0.1) is 23.7 Å². The SMILES string of the molecule is CCC1CC2CC(C)CC(C2)C12c1ccccc1-c1ccc(N(c3ccc4ccccc4c3)c3ccc4ccccc4c3)cc12. The average Bonchev–Trinajstić information content (AvgIpc) is 3.37. The molecule has 5 unspecified atom stereocenters. The van der Waals surface area contributed by atoms with E-state index in [1.807, 2.05) is 0 Å². The summed E-state index contributed by atoms with van der Waals surface area (Å²) in [6, 6.07) is 48.2. The maximum absolute atomic E-state index is 2.61. The van der Waals surface area contributed by atoms with Gasteiger partial charge in [-0.1, -0.05) is 111 Å². The van der Waals surface area contributed by atoms with Crippen molar-refractivity contribution in [3.63, 3.8) is 0 Å². The predicted molar refractivity (Wildman–Crippen MR) is 191 cm³/mol. The number of hydrogen-bond donors (Lipinski definition) is 0. The summed E-state index contributed by atoms with van der Waals surface area (Å²) in [5, 5.41) is 5.09. The molecular weight excluding hydrogens is 542 g/mol. The lowest BCUT2D eigenvalue weighted by molar-refractivity contribution is 0.0330. The minimum atomic E-state index is 0.0836. The first kappa shape index (κ1) is 27.0. The van der Waals surface area contributed by atoms with Crippen molar-refractivity contribution in [3.8, 4) is 11.1 Å². The molecule has 0 N–H and O–H groups in total. The smallest absolute Gasteiger partial charge is 0.0468 e.